The Kier molecular flexibility index (Phi) is 5.53. The van der Waals surface area contributed by atoms with Crippen molar-refractivity contribution >= 4 is 15.9 Å². The second-order valence-corrected chi connectivity index (χ2v) is 8.33. The van der Waals surface area contributed by atoms with Crippen molar-refractivity contribution in [2.75, 3.05) is 26.2 Å². The first kappa shape index (κ1) is 17.4. The topological polar surface area (TPSA) is 75.7 Å². The first-order valence-electron chi connectivity index (χ1n) is 8.52. The Morgan fingerprint density at radius 1 is 1.21 bits per heavy atom. The molecule has 1 N–H and O–H groups in total. The zero-order valence-corrected chi connectivity index (χ0v) is 14.5. The minimum absolute atomic E-state index is 0.0709. The van der Waals surface area contributed by atoms with Crippen LogP contribution < -0.4 is 5.32 Å². The molecule has 1 amide bonds. The molecule has 0 bridgehead atoms. The van der Waals surface area contributed by atoms with E-state index in [2.05, 4.69) is 5.32 Å². The highest BCUT2D eigenvalue weighted by atomic mass is 32.2. The molecule has 2 heterocycles. The van der Waals surface area contributed by atoms with Crippen LogP contribution in [0.3, 0.4) is 0 Å². The Bertz CT molecular complexity index is 656. The Hall–Kier alpha value is -1.44. The van der Waals surface area contributed by atoms with Crippen LogP contribution in [0.4, 0.5) is 0 Å². The number of sulfonamides is 1. The highest BCUT2D eigenvalue weighted by Gasteiger charge is 2.33. The van der Waals surface area contributed by atoms with E-state index in [1.807, 2.05) is 0 Å². The summed E-state index contributed by atoms with van der Waals surface area (Å²) < 4.78 is 32.3. The molecule has 2 aliphatic rings. The Morgan fingerprint density at radius 2 is 2.00 bits per heavy atom. The van der Waals surface area contributed by atoms with Crippen LogP contribution in [-0.2, 0) is 19.6 Å². The van der Waals surface area contributed by atoms with Crippen molar-refractivity contribution in [1.29, 1.82) is 0 Å². The normalized spacial score (nSPS) is 25.5. The number of rotatable bonds is 5. The van der Waals surface area contributed by atoms with Crippen LogP contribution in [0.5, 0.6) is 0 Å². The monoisotopic (exact) mass is 352 g/mol. The van der Waals surface area contributed by atoms with Crippen LogP contribution in [0, 0.1) is 5.92 Å². The average molecular weight is 352 g/mol. The lowest BCUT2D eigenvalue weighted by atomic mass is 9.99. The first-order chi connectivity index (χ1) is 11.6. The molecule has 2 saturated heterocycles. The molecule has 0 aromatic heterocycles. The number of carbonyl (C=O) groups is 1. The molecule has 1 aromatic carbocycles. The predicted molar refractivity (Wildman–Crippen MR) is 89.9 cm³/mol. The third-order valence-corrected chi connectivity index (χ3v) is 6.54. The molecule has 0 spiro atoms. The van der Waals surface area contributed by atoms with E-state index in [9.17, 15) is 13.2 Å². The highest BCUT2D eigenvalue weighted by Crippen LogP contribution is 2.24. The van der Waals surface area contributed by atoms with Gasteiger partial charge in [0.15, 0.2) is 0 Å². The van der Waals surface area contributed by atoms with Crippen molar-refractivity contribution in [2.24, 2.45) is 5.92 Å². The maximum atomic E-state index is 12.7. The minimum Gasteiger partial charge on any atom is -0.376 e. The van der Waals surface area contributed by atoms with E-state index in [4.69, 9.17) is 4.74 Å². The lowest BCUT2D eigenvalue weighted by Gasteiger charge is -2.31. The van der Waals surface area contributed by atoms with E-state index in [1.54, 1.807) is 30.3 Å². The van der Waals surface area contributed by atoms with Gasteiger partial charge < -0.3 is 10.1 Å². The number of hydrogen-bond acceptors (Lipinski definition) is 4. The van der Waals surface area contributed by atoms with Crippen LogP contribution in [-0.4, -0.2) is 51.0 Å². The van der Waals surface area contributed by atoms with Gasteiger partial charge in [0.25, 0.3) is 0 Å². The van der Waals surface area contributed by atoms with E-state index >= 15 is 0 Å². The lowest BCUT2D eigenvalue weighted by Crippen LogP contribution is -2.46. The fourth-order valence-electron chi connectivity index (χ4n) is 3.28. The van der Waals surface area contributed by atoms with Gasteiger partial charge in [-0.15, -0.1) is 0 Å². The average Bonchev–Trinajstić information content (AvgIpc) is 3.14. The zero-order chi connectivity index (χ0) is 17.0. The van der Waals surface area contributed by atoms with Gasteiger partial charge in [0.2, 0.25) is 15.9 Å². The molecule has 2 fully saturated rings. The SMILES string of the molecule is O=C(NC[C@H]1CCCO1)[C@@H]1CCCN(S(=O)(=O)c2ccccc2)C1. The molecule has 7 heteroatoms. The third-order valence-electron chi connectivity index (χ3n) is 4.66. The smallest absolute Gasteiger partial charge is 0.243 e. The van der Waals surface area contributed by atoms with Gasteiger partial charge in [0.05, 0.1) is 16.9 Å². The Balaban J connectivity index is 1.60. The van der Waals surface area contributed by atoms with Gasteiger partial charge in [0.1, 0.15) is 0 Å². The van der Waals surface area contributed by atoms with Crippen LogP contribution in [0.15, 0.2) is 35.2 Å². The summed E-state index contributed by atoms with van der Waals surface area (Å²) in [4.78, 5) is 12.7. The molecular weight excluding hydrogens is 328 g/mol. The Labute approximate surface area is 143 Å². The van der Waals surface area contributed by atoms with Gasteiger partial charge in [-0.2, -0.15) is 4.31 Å². The number of piperidine rings is 1. The third kappa shape index (κ3) is 3.96. The number of nitrogens with one attached hydrogen (secondary N) is 1. The van der Waals surface area contributed by atoms with E-state index in [0.717, 1.165) is 25.9 Å². The first-order valence-corrected chi connectivity index (χ1v) is 9.96. The summed E-state index contributed by atoms with van der Waals surface area (Å²) >= 11 is 0. The largest absolute Gasteiger partial charge is 0.376 e. The maximum absolute atomic E-state index is 12.7. The molecular formula is C17H24N2O4S. The summed E-state index contributed by atoms with van der Waals surface area (Å²) in [5, 5.41) is 2.92. The van der Waals surface area contributed by atoms with Gasteiger partial charge in [-0.1, -0.05) is 18.2 Å². The van der Waals surface area contributed by atoms with Crippen molar-refractivity contribution < 1.29 is 17.9 Å². The molecule has 2 aliphatic heterocycles. The molecule has 24 heavy (non-hydrogen) atoms. The highest BCUT2D eigenvalue weighted by molar-refractivity contribution is 7.89. The van der Waals surface area contributed by atoms with E-state index < -0.39 is 10.0 Å². The van der Waals surface area contributed by atoms with Crippen LogP contribution in [0.2, 0.25) is 0 Å². The second-order valence-electron chi connectivity index (χ2n) is 6.40. The second kappa shape index (κ2) is 7.63. The molecule has 3 rings (SSSR count). The summed E-state index contributed by atoms with van der Waals surface area (Å²) in [6.45, 7) is 1.98. The molecule has 0 unspecified atom stereocenters. The van der Waals surface area contributed by atoms with Gasteiger partial charge in [0, 0.05) is 26.2 Å². The van der Waals surface area contributed by atoms with Crippen molar-refractivity contribution in [3.63, 3.8) is 0 Å². The number of hydrogen-bond donors (Lipinski definition) is 1. The quantitative estimate of drug-likeness (QED) is 0.869. The number of benzene rings is 1. The summed E-state index contributed by atoms with van der Waals surface area (Å²) in [5.74, 6) is -0.364. The standard InChI is InChI=1S/C17H24N2O4S/c20-17(18-12-15-7-5-11-23-15)14-6-4-10-19(13-14)24(21,22)16-8-2-1-3-9-16/h1-3,8-9,14-15H,4-7,10-13H2,(H,18,20)/t14-,15-/m1/s1. The minimum atomic E-state index is -3.53. The fraction of sp³-hybridized carbons (Fsp3) is 0.588. The number of ether oxygens (including phenoxy) is 1. The van der Waals surface area contributed by atoms with Crippen LogP contribution in [0.25, 0.3) is 0 Å². The summed E-state index contributed by atoms with van der Waals surface area (Å²) in [7, 11) is -3.53. The zero-order valence-electron chi connectivity index (χ0n) is 13.7. The molecule has 0 aliphatic carbocycles. The molecule has 6 nitrogen and oxygen atoms in total. The fourth-order valence-corrected chi connectivity index (χ4v) is 4.83. The lowest BCUT2D eigenvalue weighted by molar-refractivity contribution is -0.126. The summed E-state index contributed by atoms with van der Waals surface area (Å²) in [6, 6.07) is 8.40. The summed E-state index contributed by atoms with van der Waals surface area (Å²) in [5.41, 5.74) is 0. The van der Waals surface area contributed by atoms with Crippen LogP contribution in [0.1, 0.15) is 25.7 Å². The van der Waals surface area contributed by atoms with Crippen molar-refractivity contribution in [2.45, 2.75) is 36.7 Å². The van der Waals surface area contributed by atoms with E-state index in [0.29, 0.717) is 19.5 Å². The van der Waals surface area contributed by atoms with Crippen molar-refractivity contribution in [3.05, 3.63) is 30.3 Å². The maximum Gasteiger partial charge on any atom is 0.243 e. The molecule has 0 radical (unpaired) electrons. The van der Waals surface area contributed by atoms with E-state index in [1.165, 1.54) is 4.31 Å². The molecule has 0 saturated carbocycles. The molecule has 132 valence electrons. The Morgan fingerprint density at radius 3 is 2.71 bits per heavy atom. The van der Waals surface area contributed by atoms with Crippen LogP contribution >= 0.6 is 0 Å². The number of carbonyl (C=O) groups excluding carboxylic acids is 1. The van der Waals surface area contributed by atoms with Gasteiger partial charge in [-0.25, -0.2) is 8.42 Å². The predicted octanol–water partition coefficient (Wildman–Crippen LogP) is 1.38. The molecule has 1 aromatic rings. The van der Waals surface area contributed by atoms with E-state index in [-0.39, 0.29) is 29.4 Å². The van der Waals surface area contributed by atoms with Gasteiger partial charge >= 0.3 is 0 Å². The number of nitrogens with zero attached hydrogens (tertiary/aromatic N) is 1. The van der Waals surface area contributed by atoms with Gasteiger partial charge in [-0.05, 0) is 37.8 Å². The van der Waals surface area contributed by atoms with Gasteiger partial charge in [-0.3, -0.25) is 4.79 Å². The van der Waals surface area contributed by atoms with Crippen molar-refractivity contribution in [1.82, 2.24) is 9.62 Å². The molecule has 2 atom stereocenters. The number of amides is 1. The van der Waals surface area contributed by atoms with Crippen molar-refractivity contribution in [3.8, 4) is 0 Å². The summed E-state index contributed by atoms with van der Waals surface area (Å²) in [6.07, 6.45) is 3.52.